The molecule has 1 aliphatic heterocycles. The largest absolute Gasteiger partial charge is 0.335 e. The Morgan fingerprint density at radius 3 is 2.47 bits per heavy atom. The molecule has 0 spiro atoms. The molecule has 0 aromatic heterocycles. The van der Waals surface area contributed by atoms with Crippen LogP contribution in [0.4, 0.5) is 4.79 Å². The van der Waals surface area contributed by atoms with Gasteiger partial charge in [0.2, 0.25) is 0 Å². The molecule has 2 N–H and O–H groups in total. The zero-order valence-electron chi connectivity index (χ0n) is 10.9. The number of urea groups is 1. The molecule has 4 heteroatoms. The molecule has 98 valence electrons. The summed E-state index contributed by atoms with van der Waals surface area (Å²) in [5.41, 5.74) is 0. The summed E-state index contributed by atoms with van der Waals surface area (Å²) in [5, 5.41) is 6.32. The molecule has 2 rings (SSSR count). The van der Waals surface area contributed by atoms with E-state index in [1.807, 2.05) is 11.9 Å². The first-order valence-corrected chi connectivity index (χ1v) is 6.99. The van der Waals surface area contributed by atoms with Gasteiger partial charge >= 0.3 is 6.03 Å². The molecule has 2 aliphatic rings. The maximum absolute atomic E-state index is 11.9. The van der Waals surface area contributed by atoms with Crippen LogP contribution in [-0.2, 0) is 0 Å². The second-order valence-electron chi connectivity index (χ2n) is 5.40. The van der Waals surface area contributed by atoms with Gasteiger partial charge in [-0.05, 0) is 58.0 Å². The van der Waals surface area contributed by atoms with Crippen molar-refractivity contribution in [2.45, 2.75) is 44.6 Å². The normalized spacial score (nSPS) is 22.3. The van der Waals surface area contributed by atoms with Gasteiger partial charge in [0.25, 0.3) is 0 Å². The summed E-state index contributed by atoms with van der Waals surface area (Å²) in [4.78, 5) is 13.9. The van der Waals surface area contributed by atoms with Gasteiger partial charge in [0.05, 0.1) is 0 Å². The lowest BCUT2D eigenvalue weighted by Crippen LogP contribution is -2.49. The van der Waals surface area contributed by atoms with Gasteiger partial charge in [0, 0.05) is 19.1 Å². The molecule has 1 heterocycles. The molecule has 2 fully saturated rings. The van der Waals surface area contributed by atoms with Crippen molar-refractivity contribution in [1.29, 1.82) is 0 Å². The number of nitrogens with one attached hydrogen (secondary N) is 2. The molecule has 4 nitrogen and oxygen atoms in total. The zero-order valence-corrected chi connectivity index (χ0v) is 10.9. The Bertz CT molecular complexity index is 245. The second-order valence-corrected chi connectivity index (χ2v) is 5.40. The number of piperidine rings is 1. The Balaban J connectivity index is 1.65. The predicted octanol–water partition coefficient (Wildman–Crippen LogP) is 1.57. The van der Waals surface area contributed by atoms with Crippen molar-refractivity contribution in [3.05, 3.63) is 0 Å². The number of carbonyl (C=O) groups is 1. The second kappa shape index (κ2) is 6.24. The molecule has 0 bridgehead atoms. The lowest BCUT2D eigenvalue weighted by Gasteiger charge is -2.35. The van der Waals surface area contributed by atoms with E-state index in [0.717, 1.165) is 25.6 Å². The fraction of sp³-hybridized carbons (Fsp3) is 0.923. The Kier molecular flexibility index (Phi) is 4.66. The molecule has 17 heavy (non-hydrogen) atoms. The minimum Gasteiger partial charge on any atom is -0.335 e. The molecule has 0 radical (unpaired) electrons. The minimum absolute atomic E-state index is 0.168. The lowest BCUT2D eigenvalue weighted by molar-refractivity contribution is 0.159. The highest BCUT2D eigenvalue weighted by atomic mass is 16.2. The zero-order chi connectivity index (χ0) is 12.1. The SMILES string of the molecule is CNCCC1CCN(C(=O)NC2CCC2)CC1. The fourth-order valence-corrected chi connectivity index (χ4v) is 2.59. The van der Waals surface area contributed by atoms with E-state index in [-0.39, 0.29) is 6.03 Å². The van der Waals surface area contributed by atoms with Crippen molar-refractivity contribution in [2.75, 3.05) is 26.7 Å². The van der Waals surface area contributed by atoms with Crippen LogP contribution in [0.15, 0.2) is 0 Å². The van der Waals surface area contributed by atoms with Gasteiger partial charge in [-0.25, -0.2) is 4.79 Å². The van der Waals surface area contributed by atoms with Gasteiger partial charge < -0.3 is 15.5 Å². The molecule has 0 atom stereocenters. The molecular weight excluding hydrogens is 214 g/mol. The minimum atomic E-state index is 0.168. The van der Waals surface area contributed by atoms with Crippen LogP contribution in [0.25, 0.3) is 0 Å². The van der Waals surface area contributed by atoms with Gasteiger partial charge in [-0.2, -0.15) is 0 Å². The van der Waals surface area contributed by atoms with Crippen molar-refractivity contribution in [1.82, 2.24) is 15.5 Å². The van der Waals surface area contributed by atoms with Crippen LogP contribution < -0.4 is 10.6 Å². The van der Waals surface area contributed by atoms with Crippen molar-refractivity contribution in [3.8, 4) is 0 Å². The first-order valence-electron chi connectivity index (χ1n) is 6.99. The van der Waals surface area contributed by atoms with Crippen LogP contribution in [0.3, 0.4) is 0 Å². The highest BCUT2D eigenvalue weighted by Gasteiger charge is 2.25. The van der Waals surface area contributed by atoms with E-state index in [1.165, 1.54) is 38.5 Å². The summed E-state index contributed by atoms with van der Waals surface area (Å²) >= 11 is 0. The van der Waals surface area contributed by atoms with Crippen LogP contribution in [0, 0.1) is 5.92 Å². The third kappa shape index (κ3) is 3.60. The van der Waals surface area contributed by atoms with Crippen LogP contribution >= 0.6 is 0 Å². The number of carbonyl (C=O) groups excluding carboxylic acids is 1. The number of likely N-dealkylation sites (tertiary alicyclic amines) is 1. The lowest BCUT2D eigenvalue weighted by atomic mass is 9.92. The Morgan fingerprint density at radius 1 is 1.24 bits per heavy atom. The van der Waals surface area contributed by atoms with Crippen LogP contribution in [0.1, 0.15) is 38.5 Å². The molecule has 0 unspecified atom stereocenters. The number of nitrogens with zero attached hydrogens (tertiary/aromatic N) is 1. The van der Waals surface area contributed by atoms with Gasteiger partial charge in [0.15, 0.2) is 0 Å². The maximum atomic E-state index is 11.9. The Morgan fingerprint density at radius 2 is 1.94 bits per heavy atom. The molecule has 1 saturated carbocycles. The molecule has 0 aromatic rings. The summed E-state index contributed by atoms with van der Waals surface area (Å²) in [6.07, 6.45) is 7.19. The van der Waals surface area contributed by atoms with Crippen LogP contribution in [0.2, 0.25) is 0 Å². The van der Waals surface area contributed by atoms with E-state index >= 15 is 0 Å². The first kappa shape index (κ1) is 12.7. The quantitative estimate of drug-likeness (QED) is 0.782. The van der Waals surface area contributed by atoms with Gasteiger partial charge in [-0.15, -0.1) is 0 Å². The third-order valence-corrected chi connectivity index (χ3v) is 4.14. The summed E-state index contributed by atoms with van der Waals surface area (Å²) in [7, 11) is 2.00. The molecule has 1 saturated heterocycles. The van der Waals surface area contributed by atoms with E-state index < -0.39 is 0 Å². The fourth-order valence-electron chi connectivity index (χ4n) is 2.59. The van der Waals surface area contributed by atoms with Crippen LogP contribution in [-0.4, -0.2) is 43.7 Å². The van der Waals surface area contributed by atoms with E-state index in [1.54, 1.807) is 0 Å². The topological polar surface area (TPSA) is 44.4 Å². The number of amides is 2. The molecule has 1 aliphatic carbocycles. The average molecular weight is 239 g/mol. The molecule has 0 aromatic carbocycles. The number of hydrogen-bond donors (Lipinski definition) is 2. The van der Waals surface area contributed by atoms with E-state index in [2.05, 4.69) is 10.6 Å². The summed E-state index contributed by atoms with van der Waals surface area (Å²) in [5.74, 6) is 0.801. The van der Waals surface area contributed by atoms with Gasteiger partial charge in [0.1, 0.15) is 0 Å². The van der Waals surface area contributed by atoms with Crippen molar-refractivity contribution in [2.24, 2.45) is 5.92 Å². The standard InChI is InChI=1S/C13H25N3O/c1-14-8-5-11-6-9-16(10-7-11)13(17)15-12-3-2-4-12/h11-12,14H,2-10H2,1H3,(H,15,17). The van der Waals surface area contributed by atoms with Crippen molar-refractivity contribution < 1.29 is 4.79 Å². The Labute approximate surface area is 104 Å². The number of rotatable bonds is 4. The highest BCUT2D eigenvalue weighted by Crippen LogP contribution is 2.22. The van der Waals surface area contributed by atoms with Crippen molar-refractivity contribution in [3.63, 3.8) is 0 Å². The highest BCUT2D eigenvalue weighted by molar-refractivity contribution is 5.74. The van der Waals surface area contributed by atoms with E-state index in [9.17, 15) is 4.79 Å². The van der Waals surface area contributed by atoms with Gasteiger partial charge in [-0.1, -0.05) is 0 Å². The predicted molar refractivity (Wildman–Crippen MR) is 69.0 cm³/mol. The van der Waals surface area contributed by atoms with Crippen LogP contribution in [0.5, 0.6) is 0 Å². The van der Waals surface area contributed by atoms with Crippen molar-refractivity contribution >= 4 is 6.03 Å². The summed E-state index contributed by atoms with van der Waals surface area (Å²) < 4.78 is 0. The Hall–Kier alpha value is -0.770. The summed E-state index contributed by atoms with van der Waals surface area (Å²) in [6, 6.07) is 0.631. The first-order chi connectivity index (χ1) is 8.29. The molecule has 2 amide bonds. The average Bonchev–Trinajstić information content (AvgIpc) is 2.31. The monoisotopic (exact) mass is 239 g/mol. The molecular formula is C13H25N3O. The van der Waals surface area contributed by atoms with E-state index in [0.29, 0.717) is 6.04 Å². The maximum Gasteiger partial charge on any atom is 0.317 e. The van der Waals surface area contributed by atoms with Gasteiger partial charge in [-0.3, -0.25) is 0 Å². The smallest absolute Gasteiger partial charge is 0.317 e. The number of hydrogen-bond acceptors (Lipinski definition) is 2. The van der Waals surface area contributed by atoms with E-state index in [4.69, 9.17) is 0 Å². The summed E-state index contributed by atoms with van der Waals surface area (Å²) in [6.45, 7) is 2.97. The third-order valence-electron chi connectivity index (χ3n) is 4.14.